The predicted octanol–water partition coefficient (Wildman–Crippen LogP) is 6.87. The number of benzene rings is 1. The number of Topliss-reactive ketones (excluding diaryl/α,β-unsaturated/α-hetero) is 1. The van der Waals surface area contributed by atoms with E-state index in [0.717, 1.165) is 11.4 Å². The van der Waals surface area contributed by atoms with Crippen molar-refractivity contribution in [1.82, 2.24) is 0 Å². The molecule has 2 heterocycles. The minimum Gasteiger partial charge on any atom is -0.335 e. The monoisotopic (exact) mass is 395 g/mol. The summed E-state index contributed by atoms with van der Waals surface area (Å²) in [7, 11) is 0. The van der Waals surface area contributed by atoms with Gasteiger partial charge in [0.05, 0.1) is 15.6 Å². The number of allylic oxidation sites excluding steroid dienone is 8. The second-order valence-corrected chi connectivity index (χ2v) is 7.50. The van der Waals surface area contributed by atoms with E-state index in [2.05, 4.69) is 55.3 Å². The van der Waals surface area contributed by atoms with E-state index >= 15 is 0 Å². The topological polar surface area (TPSA) is 20.3 Å². The highest BCUT2D eigenvalue weighted by Crippen LogP contribution is 2.45. The Morgan fingerprint density at radius 1 is 1.04 bits per heavy atom. The highest BCUT2D eigenvalue weighted by atomic mass is 32.2. The summed E-state index contributed by atoms with van der Waals surface area (Å²) in [6.45, 7) is 14.5. The lowest BCUT2D eigenvalue weighted by atomic mass is 10.1. The number of rotatable bonds is 5. The molecule has 0 amide bonds. The van der Waals surface area contributed by atoms with Gasteiger partial charge in [0, 0.05) is 21.9 Å². The molecule has 0 fully saturated rings. The molecule has 2 nitrogen and oxygen atoms in total. The summed E-state index contributed by atoms with van der Waals surface area (Å²) < 4.78 is 0. The van der Waals surface area contributed by atoms with Crippen LogP contribution in [-0.4, -0.2) is 12.3 Å². The lowest BCUT2D eigenvalue weighted by molar-refractivity contribution is -0.111. The van der Waals surface area contributed by atoms with E-state index in [9.17, 15) is 4.79 Å². The second-order valence-electron chi connectivity index (χ2n) is 5.35. The van der Waals surface area contributed by atoms with Crippen molar-refractivity contribution in [2.45, 2.75) is 25.7 Å². The first kappa shape index (κ1) is 21.1. The van der Waals surface area contributed by atoms with Crippen LogP contribution in [-0.2, 0) is 4.79 Å². The van der Waals surface area contributed by atoms with Crippen molar-refractivity contribution >= 4 is 35.0 Å². The Bertz CT molecular complexity index is 859. The van der Waals surface area contributed by atoms with Crippen LogP contribution < -0.4 is 4.90 Å². The van der Waals surface area contributed by atoms with Crippen LogP contribution in [0.2, 0.25) is 0 Å². The maximum atomic E-state index is 12.3. The van der Waals surface area contributed by atoms with E-state index in [1.54, 1.807) is 23.9 Å². The van der Waals surface area contributed by atoms with Crippen molar-refractivity contribution in [3.8, 4) is 0 Å². The second kappa shape index (κ2) is 10.2. The zero-order valence-electron chi connectivity index (χ0n) is 16.1. The molecule has 1 aromatic carbocycles. The first-order chi connectivity index (χ1) is 13.2. The molecule has 3 rings (SSSR count). The maximum Gasteiger partial charge on any atom is 0.200 e. The number of anilines is 1. The molecule has 0 spiro atoms. The normalized spacial score (nSPS) is 18.9. The van der Waals surface area contributed by atoms with Crippen LogP contribution in [0.5, 0.6) is 0 Å². The quantitative estimate of drug-likeness (QED) is 0.507. The van der Waals surface area contributed by atoms with Gasteiger partial charge in [0.25, 0.3) is 0 Å². The minimum absolute atomic E-state index is 0.0186. The zero-order valence-corrected chi connectivity index (χ0v) is 17.7. The molecule has 0 N–H and O–H groups in total. The summed E-state index contributed by atoms with van der Waals surface area (Å²) in [5.74, 6) is 0.0186. The fraction of sp³-hybridized carbons (Fsp3) is 0.174. The Labute approximate surface area is 171 Å². The van der Waals surface area contributed by atoms with Crippen LogP contribution in [0.1, 0.15) is 20.8 Å². The molecule has 0 saturated carbocycles. The molecule has 0 aliphatic carbocycles. The smallest absolute Gasteiger partial charge is 0.200 e. The van der Waals surface area contributed by atoms with Crippen molar-refractivity contribution in [3.05, 3.63) is 94.3 Å². The van der Waals surface area contributed by atoms with E-state index < -0.39 is 0 Å². The van der Waals surface area contributed by atoms with Crippen molar-refractivity contribution in [1.29, 1.82) is 0 Å². The highest BCUT2D eigenvalue weighted by molar-refractivity contribution is 8.08. The predicted molar refractivity (Wildman–Crippen MR) is 122 cm³/mol. The number of thioether (sulfide) groups is 2. The Kier molecular flexibility index (Phi) is 8.01. The van der Waals surface area contributed by atoms with Gasteiger partial charge in [0.2, 0.25) is 5.78 Å². The van der Waals surface area contributed by atoms with Gasteiger partial charge in [0.15, 0.2) is 0 Å². The van der Waals surface area contributed by atoms with Crippen LogP contribution >= 0.6 is 23.5 Å². The van der Waals surface area contributed by atoms with Crippen molar-refractivity contribution in [2.75, 3.05) is 11.4 Å². The molecule has 4 heteroatoms. The van der Waals surface area contributed by atoms with E-state index in [4.69, 9.17) is 0 Å². The number of nitrogens with zero attached hydrogens (tertiary/aromatic N) is 1. The first-order valence-corrected chi connectivity index (χ1v) is 10.7. The molecular weight excluding hydrogens is 370 g/mol. The molecule has 0 unspecified atom stereocenters. The van der Waals surface area contributed by atoms with Crippen molar-refractivity contribution in [3.63, 3.8) is 0 Å². The Balaban J connectivity index is 0.00000126. The van der Waals surface area contributed by atoms with Crippen LogP contribution in [0.3, 0.4) is 0 Å². The van der Waals surface area contributed by atoms with Crippen LogP contribution in [0.4, 0.5) is 5.69 Å². The van der Waals surface area contributed by atoms with Gasteiger partial charge < -0.3 is 4.90 Å². The van der Waals surface area contributed by atoms with Crippen LogP contribution in [0.15, 0.2) is 99.2 Å². The summed E-state index contributed by atoms with van der Waals surface area (Å²) in [6.07, 6.45) is 11.1. The molecule has 0 bridgehead atoms. The molecule has 0 saturated heterocycles. The standard InChI is InChI=1S/C21H19NOS2.C2H6/c1-4-15-17(5-2)24-19(21(15)23)13-9-10-14-20-22(6-3)16-11-7-8-12-18(16)25-20;1-2/h4-5,7-14H,1-2,6H2,3H3;1-2H3/b10-9+,19-13-,20-14-;. The average Bonchev–Trinajstić information content (AvgIpc) is 3.23. The number of ketones is 1. The fourth-order valence-electron chi connectivity index (χ4n) is 2.70. The Morgan fingerprint density at radius 3 is 2.37 bits per heavy atom. The first-order valence-electron chi connectivity index (χ1n) is 9.04. The number of fused-ring (bicyclic) bond motifs is 1. The van der Waals surface area contributed by atoms with E-state index in [1.165, 1.54) is 27.4 Å². The highest BCUT2D eigenvalue weighted by Gasteiger charge is 2.25. The largest absolute Gasteiger partial charge is 0.335 e. The lowest BCUT2D eigenvalue weighted by Gasteiger charge is -2.17. The number of hydrogen-bond acceptors (Lipinski definition) is 4. The SMILES string of the molecule is C=CC1=C(C=C)C(=O)/C(=C/C=C/C=C2\Sc3ccccc3N2CC)S1.CC. The van der Waals surface area contributed by atoms with Crippen LogP contribution in [0, 0.1) is 0 Å². The van der Waals surface area contributed by atoms with E-state index in [0.29, 0.717) is 10.5 Å². The molecule has 27 heavy (non-hydrogen) atoms. The molecule has 2 aliphatic heterocycles. The van der Waals surface area contributed by atoms with Crippen LogP contribution in [0.25, 0.3) is 0 Å². The fourth-order valence-corrected chi connectivity index (χ4v) is 4.80. The van der Waals surface area contributed by atoms with Gasteiger partial charge in [-0.15, -0.1) is 0 Å². The van der Waals surface area contributed by atoms with Gasteiger partial charge in [-0.05, 0) is 31.2 Å². The van der Waals surface area contributed by atoms with Gasteiger partial charge in [-0.3, -0.25) is 4.79 Å². The molecule has 1 aromatic rings. The van der Waals surface area contributed by atoms with Crippen molar-refractivity contribution in [2.24, 2.45) is 0 Å². The third kappa shape index (κ3) is 4.57. The van der Waals surface area contributed by atoms with Gasteiger partial charge in [-0.2, -0.15) is 0 Å². The number of carbonyl (C=O) groups is 1. The van der Waals surface area contributed by atoms with E-state index in [-0.39, 0.29) is 5.78 Å². The molecule has 0 atom stereocenters. The zero-order chi connectivity index (χ0) is 19.8. The summed E-state index contributed by atoms with van der Waals surface area (Å²) in [5, 5.41) is 1.19. The Morgan fingerprint density at radius 2 is 1.74 bits per heavy atom. The molecule has 2 aliphatic rings. The van der Waals surface area contributed by atoms with Crippen molar-refractivity contribution < 1.29 is 4.79 Å². The number of para-hydroxylation sites is 1. The summed E-state index contributed by atoms with van der Waals surface area (Å²) >= 11 is 3.21. The van der Waals surface area contributed by atoms with Gasteiger partial charge in [-0.1, -0.05) is 87.0 Å². The lowest BCUT2D eigenvalue weighted by Crippen LogP contribution is -2.16. The van der Waals surface area contributed by atoms with Gasteiger partial charge >= 0.3 is 0 Å². The third-order valence-electron chi connectivity index (χ3n) is 3.89. The van der Waals surface area contributed by atoms with E-state index in [1.807, 2.05) is 32.1 Å². The minimum atomic E-state index is 0.0186. The van der Waals surface area contributed by atoms with Gasteiger partial charge in [-0.25, -0.2) is 0 Å². The Hall–Kier alpha value is -2.17. The summed E-state index contributed by atoms with van der Waals surface area (Å²) in [4.78, 5) is 17.4. The molecular formula is C23H25NOS2. The maximum absolute atomic E-state index is 12.3. The summed E-state index contributed by atoms with van der Waals surface area (Å²) in [5.41, 5.74) is 1.89. The molecule has 140 valence electrons. The third-order valence-corrected chi connectivity index (χ3v) is 6.17. The molecule has 0 radical (unpaired) electrons. The average molecular weight is 396 g/mol. The van der Waals surface area contributed by atoms with Gasteiger partial charge in [0.1, 0.15) is 0 Å². The number of carbonyl (C=O) groups excluding carboxylic acids is 1. The summed E-state index contributed by atoms with van der Waals surface area (Å²) in [6, 6.07) is 8.41. The molecule has 0 aromatic heterocycles. The number of hydrogen-bond donors (Lipinski definition) is 0.